The monoisotopic (exact) mass is 439 g/mol. The van der Waals surface area contributed by atoms with Crippen molar-refractivity contribution >= 4 is 28.3 Å². The fraction of sp³-hybridized carbons (Fsp3) is 0.261. The SMILES string of the molecule is COc1ccc(-c2csc(NC(=O)C(c3ccccc3)N3CCCCC3=O)n2)cc1F. The molecule has 6 nitrogen and oxygen atoms in total. The minimum absolute atomic E-state index is 0.0243. The summed E-state index contributed by atoms with van der Waals surface area (Å²) in [7, 11) is 1.41. The molecule has 160 valence electrons. The molecule has 31 heavy (non-hydrogen) atoms. The average Bonchev–Trinajstić information content (AvgIpc) is 3.24. The third kappa shape index (κ3) is 4.59. The number of ether oxygens (including phenoxy) is 1. The van der Waals surface area contributed by atoms with Gasteiger partial charge in [0.2, 0.25) is 5.91 Å². The zero-order valence-corrected chi connectivity index (χ0v) is 17.8. The van der Waals surface area contributed by atoms with E-state index in [2.05, 4.69) is 10.3 Å². The number of carbonyl (C=O) groups excluding carboxylic acids is 2. The third-order valence-corrected chi connectivity index (χ3v) is 5.97. The fourth-order valence-corrected chi connectivity index (χ4v) is 4.39. The number of thiazole rings is 1. The molecule has 2 amide bonds. The van der Waals surface area contributed by atoms with E-state index in [0.717, 1.165) is 18.4 Å². The van der Waals surface area contributed by atoms with E-state index < -0.39 is 11.9 Å². The Kier molecular flexibility index (Phi) is 6.27. The lowest BCUT2D eigenvalue weighted by molar-refractivity contribution is -0.141. The molecule has 2 heterocycles. The van der Waals surface area contributed by atoms with Gasteiger partial charge in [-0.3, -0.25) is 14.9 Å². The summed E-state index contributed by atoms with van der Waals surface area (Å²) >= 11 is 1.25. The maximum Gasteiger partial charge on any atom is 0.253 e. The van der Waals surface area contributed by atoms with Gasteiger partial charge >= 0.3 is 0 Å². The van der Waals surface area contributed by atoms with E-state index in [1.54, 1.807) is 16.3 Å². The largest absolute Gasteiger partial charge is 0.494 e. The molecule has 4 rings (SSSR count). The van der Waals surface area contributed by atoms with Crippen LogP contribution in [0.1, 0.15) is 30.9 Å². The minimum Gasteiger partial charge on any atom is -0.494 e. The molecular formula is C23H22FN3O3S. The van der Waals surface area contributed by atoms with Crippen LogP contribution >= 0.6 is 11.3 Å². The summed E-state index contributed by atoms with van der Waals surface area (Å²) in [6.45, 7) is 0.542. The van der Waals surface area contributed by atoms with Gasteiger partial charge < -0.3 is 9.64 Å². The molecule has 2 aromatic carbocycles. The molecule has 1 atom stereocenters. The van der Waals surface area contributed by atoms with Crippen LogP contribution in [0.2, 0.25) is 0 Å². The Morgan fingerprint density at radius 2 is 2.03 bits per heavy atom. The maximum atomic E-state index is 14.0. The van der Waals surface area contributed by atoms with Gasteiger partial charge in [-0.1, -0.05) is 30.3 Å². The predicted molar refractivity (Wildman–Crippen MR) is 117 cm³/mol. The molecule has 0 aliphatic carbocycles. The Morgan fingerprint density at radius 3 is 2.74 bits per heavy atom. The number of hydrogen-bond donors (Lipinski definition) is 1. The van der Waals surface area contributed by atoms with E-state index in [1.165, 1.54) is 30.6 Å². The van der Waals surface area contributed by atoms with Crippen molar-refractivity contribution in [1.82, 2.24) is 9.88 Å². The van der Waals surface area contributed by atoms with Gasteiger partial charge in [0.15, 0.2) is 16.7 Å². The number of carbonyl (C=O) groups is 2. The smallest absolute Gasteiger partial charge is 0.253 e. The zero-order valence-electron chi connectivity index (χ0n) is 17.0. The molecule has 1 fully saturated rings. The number of piperidine rings is 1. The molecular weight excluding hydrogens is 417 g/mol. The number of amides is 2. The van der Waals surface area contributed by atoms with Crippen molar-refractivity contribution in [3.05, 3.63) is 65.3 Å². The van der Waals surface area contributed by atoms with Gasteiger partial charge in [-0.25, -0.2) is 9.37 Å². The number of methoxy groups -OCH3 is 1. The number of nitrogens with zero attached hydrogens (tertiary/aromatic N) is 2. The van der Waals surface area contributed by atoms with E-state index in [9.17, 15) is 14.0 Å². The molecule has 1 aliphatic heterocycles. The number of halogens is 1. The highest BCUT2D eigenvalue weighted by Crippen LogP contribution is 2.31. The number of benzene rings is 2. The van der Waals surface area contributed by atoms with Gasteiger partial charge in [-0.2, -0.15) is 0 Å². The number of nitrogens with one attached hydrogen (secondary N) is 1. The second kappa shape index (κ2) is 9.26. The van der Waals surface area contributed by atoms with Gasteiger partial charge in [-0.05, 0) is 36.6 Å². The molecule has 0 spiro atoms. The number of aromatic nitrogens is 1. The highest BCUT2D eigenvalue weighted by Gasteiger charge is 2.33. The Hall–Kier alpha value is -3.26. The number of likely N-dealkylation sites (tertiary alicyclic amines) is 1. The molecule has 1 unspecified atom stereocenters. The number of rotatable bonds is 6. The van der Waals surface area contributed by atoms with Crippen molar-refractivity contribution < 1.29 is 18.7 Å². The first-order valence-corrected chi connectivity index (χ1v) is 10.9. The fourth-order valence-electron chi connectivity index (χ4n) is 3.67. The Bertz CT molecular complexity index is 1090. The molecule has 1 aromatic heterocycles. The van der Waals surface area contributed by atoms with Crippen LogP contribution in [0.25, 0.3) is 11.3 Å². The quantitative estimate of drug-likeness (QED) is 0.607. The van der Waals surface area contributed by atoms with Crippen molar-refractivity contribution in [2.24, 2.45) is 0 Å². The summed E-state index contributed by atoms with van der Waals surface area (Å²) in [5, 5.41) is 4.98. The first-order valence-electron chi connectivity index (χ1n) is 10.0. The van der Waals surface area contributed by atoms with Crippen molar-refractivity contribution in [2.75, 3.05) is 19.0 Å². The lowest BCUT2D eigenvalue weighted by Gasteiger charge is -2.33. The summed E-state index contributed by atoms with van der Waals surface area (Å²) in [6.07, 6.45) is 2.15. The summed E-state index contributed by atoms with van der Waals surface area (Å²) in [5.41, 5.74) is 1.89. The van der Waals surface area contributed by atoms with E-state index in [0.29, 0.717) is 29.4 Å². The van der Waals surface area contributed by atoms with Gasteiger partial charge in [-0.15, -0.1) is 11.3 Å². The molecule has 3 aromatic rings. The minimum atomic E-state index is -0.722. The average molecular weight is 440 g/mol. The molecule has 0 radical (unpaired) electrons. The van der Waals surface area contributed by atoms with Crippen LogP contribution in [-0.4, -0.2) is 35.4 Å². The van der Waals surface area contributed by atoms with Crippen LogP contribution in [0, 0.1) is 5.82 Å². The first kappa shape index (κ1) is 21.0. The Morgan fingerprint density at radius 1 is 1.23 bits per heavy atom. The van der Waals surface area contributed by atoms with Gasteiger partial charge in [0, 0.05) is 23.9 Å². The van der Waals surface area contributed by atoms with E-state index in [-0.39, 0.29) is 17.6 Å². The first-order chi connectivity index (χ1) is 15.1. The van der Waals surface area contributed by atoms with Crippen LogP contribution in [-0.2, 0) is 9.59 Å². The summed E-state index contributed by atoms with van der Waals surface area (Å²) in [5.74, 6) is -0.664. The topological polar surface area (TPSA) is 71.5 Å². The van der Waals surface area contributed by atoms with E-state index >= 15 is 0 Å². The van der Waals surface area contributed by atoms with Crippen LogP contribution < -0.4 is 10.1 Å². The summed E-state index contributed by atoms with van der Waals surface area (Å²) in [6, 6.07) is 13.1. The van der Waals surface area contributed by atoms with Gasteiger partial charge in [0.25, 0.3) is 5.91 Å². The standard InChI is InChI=1S/C23H22FN3O3S/c1-30-19-11-10-16(13-17(19)24)18-14-31-23(25-18)26-22(29)21(15-7-3-2-4-8-15)27-12-6-5-9-20(27)28/h2-4,7-8,10-11,13-14,21H,5-6,9,12H2,1H3,(H,25,26,29). The summed E-state index contributed by atoms with van der Waals surface area (Å²) < 4.78 is 19.0. The van der Waals surface area contributed by atoms with Crippen LogP contribution in [0.5, 0.6) is 5.75 Å². The van der Waals surface area contributed by atoms with Crippen molar-refractivity contribution in [3.8, 4) is 17.0 Å². The molecule has 0 bridgehead atoms. The molecule has 0 saturated carbocycles. The van der Waals surface area contributed by atoms with Crippen molar-refractivity contribution in [1.29, 1.82) is 0 Å². The second-order valence-electron chi connectivity index (χ2n) is 7.23. The van der Waals surface area contributed by atoms with Gasteiger partial charge in [0.05, 0.1) is 12.8 Å². The van der Waals surface area contributed by atoms with E-state index in [4.69, 9.17) is 4.74 Å². The van der Waals surface area contributed by atoms with Crippen molar-refractivity contribution in [2.45, 2.75) is 25.3 Å². The molecule has 1 N–H and O–H groups in total. The van der Waals surface area contributed by atoms with Crippen LogP contribution in [0.15, 0.2) is 53.9 Å². The number of hydrogen-bond acceptors (Lipinski definition) is 5. The highest BCUT2D eigenvalue weighted by atomic mass is 32.1. The molecule has 1 saturated heterocycles. The zero-order chi connectivity index (χ0) is 21.8. The van der Waals surface area contributed by atoms with Crippen LogP contribution in [0.3, 0.4) is 0 Å². The van der Waals surface area contributed by atoms with E-state index in [1.807, 2.05) is 30.3 Å². The highest BCUT2D eigenvalue weighted by molar-refractivity contribution is 7.14. The molecule has 8 heteroatoms. The van der Waals surface area contributed by atoms with Crippen molar-refractivity contribution in [3.63, 3.8) is 0 Å². The molecule has 1 aliphatic rings. The Labute approximate surface area is 183 Å². The lowest BCUT2D eigenvalue weighted by Crippen LogP contribution is -2.43. The number of anilines is 1. The third-order valence-electron chi connectivity index (χ3n) is 5.22. The van der Waals surface area contributed by atoms with Crippen LogP contribution in [0.4, 0.5) is 9.52 Å². The second-order valence-corrected chi connectivity index (χ2v) is 8.09. The Balaban J connectivity index is 1.57. The maximum absolute atomic E-state index is 14.0. The predicted octanol–water partition coefficient (Wildman–Crippen LogP) is 4.65. The normalized spacial score (nSPS) is 14.9. The lowest BCUT2D eigenvalue weighted by atomic mass is 10.0. The summed E-state index contributed by atoms with van der Waals surface area (Å²) in [4.78, 5) is 31.8. The van der Waals surface area contributed by atoms with Gasteiger partial charge in [0.1, 0.15) is 6.04 Å².